The summed E-state index contributed by atoms with van der Waals surface area (Å²) in [6.07, 6.45) is 4.70. The van der Waals surface area contributed by atoms with E-state index in [1.54, 1.807) is 7.11 Å². The number of amides is 2. The molecule has 0 unspecified atom stereocenters. The summed E-state index contributed by atoms with van der Waals surface area (Å²) in [6.45, 7) is 2.49. The van der Waals surface area contributed by atoms with Gasteiger partial charge >= 0.3 is 5.97 Å². The summed E-state index contributed by atoms with van der Waals surface area (Å²) < 4.78 is 10.1. The highest BCUT2D eigenvalue weighted by Crippen LogP contribution is 2.39. The van der Waals surface area contributed by atoms with Crippen LogP contribution in [0.15, 0.2) is 0 Å². The first-order chi connectivity index (χ1) is 13.0. The normalized spacial score (nSPS) is 20.5. The third kappa shape index (κ3) is 4.87. The molecular weight excluding hydrogens is 368 g/mol. The highest BCUT2D eigenvalue weighted by atomic mass is 32.1. The van der Waals surface area contributed by atoms with Gasteiger partial charge in [0.05, 0.1) is 18.1 Å². The van der Waals surface area contributed by atoms with Crippen molar-refractivity contribution < 1.29 is 23.9 Å². The van der Waals surface area contributed by atoms with Crippen molar-refractivity contribution in [2.45, 2.75) is 39.0 Å². The predicted molar refractivity (Wildman–Crippen MR) is 102 cm³/mol. The van der Waals surface area contributed by atoms with E-state index in [9.17, 15) is 14.4 Å². The zero-order chi connectivity index (χ0) is 19.4. The van der Waals surface area contributed by atoms with E-state index in [2.05, 4.69) is 10.6 Å². The van der Waals surface area contributed by atoms with E-state index in [0.717, 1.165) is 42.5 Å². The topological polar surface area (TPSA) is 93.7 Å². The molecule has 1 heterocycles. The SMILES string of the molecule is COCCNC(=O)c1c(NC(=O)COC(=O)[C@@H]2C[C@@H]2C)sc2c1CCCC2. The van der Waals surface area contributed by atoms with Gasteiger partial charge in [-0.25, -0.2) is 0 Å². The van der Waals surface area contributed by atoms with Crippen LogP contribution in [0.2, 0.25) is 0 Å². The van der Waals surface area contributed by atoms with Crippen LogP contribution in [0.1, 0.15) is 47.0 Å². The molecular formula is C19H26N2O5S. The Morgan fingerprint density at radius 3 is 2.67 bits per heavy atom. The lowest BCUT2D eigenvalue weighted by atomic mass is 9.95. The monoisotopic (exact) mass is 394 g/mol. The highest BCUT2D eigenvalue weighted by Gasteiger charge is 2.40. The largest absolute Gasteiger partial charge is 0.455 e. The maximum atomic E-state index is 12.7. The van der Waals surface area contributed by atoms with Gasteiger partial charge in [0.15, 0.2) is 6.61 Å². The Morgan fingerprint density at radius 2 is 1.96 bits per heavy atom. The second-order valence-electron chi connectivity index (χ2n) is 7.14. The molecule has 0 aliphatic heterocycles. The molecule has 2 amide bonds. The van der Waals surface area contributed by atoms with Crippen LogP contribution in [-0.2, 0) is 31.9 Å². The number of esters is 1. The molecule has 0 aromatic carbocycles. The predicted octanol–water partition coefficient (Wildman–Crippen LogP) is 2.14. The average molecular weight is 394 g/mol. The maximum Gasteiger partial charge on any atom is 0.309 e. The minimum Gasteiger partial charge on any atom is -0.455 e. The maximum absolute atomic E-state index is 12.7. The average Bonchev–Trinajstić information content (AvgIpc) is 3.27. The highest BCUT2D eigenvalue weighted by molar-refractivity contribution is 7.17. The molecule has 2 aliphatic carbocycles. The van der Waals surface area contributed by atoms with Crippen molar-refractivity contribution in [3.63, 3.8) is 0 Å². The van der Waals surface area contributed by atoms with E-state index < -0.39 is 5.91 Å². The number of methoxy groups -OCH3 is 1. The number of carbonyl (C=O) groups is 3. The molecule has 2 atom stereocenters. The van der Waals surface area contributed by atoms with Crippen molar-refractivity contribution in [2.24, 2.45) is 11.8 Å². The van der Waals surface area contributed by atoms with Gasteiger partial charge in [0.2, 0.25) is 0 Å². The van der Waals surface area contributed by atoms with E-state index in [4.69, 9.17) is 9.47 Å². The van der Waals surface area contributed by atoms with E-state index in [0.29, 0.717) is 29.6 Å². The van der Waals surface area contributed by atoms with Crippen LogP contribution < -0.4 is 10.6 Å². The quantitative estimate of drug-likeness (QED) is 0.520. The number of hydrogen-bond donors (Lipinski definition) is 2. The number of ether oxygens (including phenoxy) is 2. The fourth-order valence-corrected chi connectivity index (χ4v) is 4.61. The summed E-state index contributed by atoms with van der Waals surface area (Å²) in [7, 11) is 1.58. The first-order valence-electron chi connectivity index (χ1n) is 9.39. The van der Waals surface area contributed by atoms with Crippen molar-refractivity contribution in [3.05, 3.63) is 16.0 Å². The molecule has 0 spiro atoms. The van der Waals surface area contributed by atoms with Gasteiger partial charge in [0.25, 0.3) is 11.8 Å². The zero-order valence-corrected chi connectivity index (χ0v) is 16.6. The summed E-state index contributed by atoms with van der Waals surface area (Å²) >= 11 is 1.45. The van der Waals surface area contributed by atoms with Crippen molar-refractivity contribution in [3.8, 4) is 0 Å². The molecule has 2 N–H and O–H groups in total. The molecule has 2 aliphatic rings. The van der Waals surface area contributed by atoms with Crippen molar-refractivity contribution >= 4 is 34.1 Å². The molecule has 148 valence electrons. The van der Waals surface area contributed by atoms with Gasteiger partial charge in [-0.05, 0) is 43.6 Å². The van der Waals surface area contributed by atoms with Crippen LogP contribution in [-0.4, -0.2) is 44.7 Å². The number of carbonyl (C=O) groups excluding carboxylic acids is 3. The number of hydrogen-bond acceptors (Lipinski definition) is 6. The molecule has 1 aromatic rings. The molecule has 0 bridgehead atoms. The third-order valence-corrected chi connectivity index (χ3v) is 6.21. The lowest BCUT2D eigenvalue weighted by molar-refractivity contribution is -0.148. The lowest BCUT2D eigenvalue weighted by Gasteiger charge is -2.13. The Balaban J connectivity index is 1.66. The van der Waals surface area contributed by atoms with Gasteiger partial charge in [-0.15, -0.1) is 11.3 Å². The third-order valence-electron chi connectivity index (χ3n) is 5.00. The van der Waals surface area contributed by atoms with Gasteiger partial charge in [-0.1, -0.05) is 6.92 Å². The Morgan fingerprint density at radius 1 is 1.22 bits per heavy atom. The molecule has 1 aromatic heterocycles. The van der Waals surface area contributed by atoms with Gasteiger partial charge in [-0.2, -0.15) is 0 Å². The minimum atomic E-state index is -0.416. The fourth-order valence-electron chi connectivity index (χ4n) is 3.31. The standard InChI is InChI=1S/C19H26N2O5S/c1-11-9-13(11)19(24)26-10-15(22)21-18-16(17(23)20-7-8-25-2)12-5-3-4-6-14(12)27-18/h11,13H,3-10H2,1-2H3,(H,20,23)(H,21,22)/t11-,13+/m0/s1. The number of aryl methyl sites for hydroxylation is 1. The smallest absolute Gasteiger partial charge is 0.309 e. The molecule has 0 radical (unpaired) electrons. The second-order valence-corrected chi connectivity index (χ2v) is 8.24. The molecule has 7 nitrogen and oxygen atoms in total. The molecule has 0 saturated heterocycles. The molecule has 27 heavy (non-hydrogen) atoms. The number of nitrogens with one attached hydrogen (secondary N) is 2. The minimum absolute atomic E-state index is 0.0750. The number of rotatable bonds is 8. The van der Waals surface area contributed by atoms with E-state index in [-0.39, 0.29) is 24.4 Å². The van der Waals surface area contributed by atoms with Crippen LogP contribution in [0.3, 0.4) is 0 Å². The Kier molecular flexibility index (Phi) is 6.49. The summed E-state index contributed by atoms with van der Waals surface area (Å²) in [4.78, 5) is 37.8. The molecule has 1 saturated carbocycles. The summed E-state index contributed by atoms with van der Waals surface area (Å²) in [5.41, 5.74) is 1.57. The fraction of sp³-hybridized carbons (Fsp3) is 0.632. The summed E-state index contributed by atoms with van der Waals surface area (Å²) in [5.74, 6) is -0.673. The molecule has 1 fully saturated rings. The van der Waals surface area contributed by atoms with E-state index in [1.807, 2.05) is 6.92 Å². The second kappa shape index (κ2) is 8.84. The van der Waals surface area contributed by atoms with Crippen molar-refractivity contribution in [1.29, 1.82) is 0 Å². The first kappa shape index (κ1) is 19.8. The zero-order valence-electron chi connectivity index (χ0n) is 15.8. The molecule has 3 rings (SSSR count). The van der Waals surface area contributed by atoms with Crippen LogP contribution >= 0.6 is 11.3 Å². The van der Waals surface area contributed by atoms with Gasteiger partial charge in [0, 0.05) is 18.5 Å². The lowest BCUT2D eigenvalue weighted by Crippen LogP contribution is -2.29. The number of anilines is 1. The number of thiophene rings is 1. The van der Waals surface area contributed by atoms with Gasteiger partial charge < -0.3 is 20.1 Å². The number of fused-ring (bicyclic) bond motifs is 1. The van der Waals surface area contributed by atoms with Crippen LogP contribution in [0.5, 0.6) is 0 Å². The van der Waals surface area contributed by atoms with Gasteiger partial charge in [0.1, 0.15) is 5.00 Å². The summed E-state index contributed by atoms with van der Waals surface area (Å²) in [6, 6.07) is 0. The van der Waals surface area contributed by atoms with Crippen LogP contribution in [0, 0.1) is 11.8 Å². The Hall–Kier alpha value is -1.93. The van der Waals surface area contributed by atoms with Crippen molar-refractivity contribution in [1.82, 2.24) is 5.32 Å². The van der Waals surface area contributed by atoms with E-state index in [1.165, 1.54) is 11.3 Å². The Labute approximate surface area is 162 Å². The first-order valence-corrected chi connectivity index (χ1v) is 10.2. The van der Waals surface area contributed by atoms with Crippen LogP contribution in [0.4, 0.5) is 5.00 Å². The summed E-state index contributed by atoms with van der Waals surface area (Å²) in [5, 5.41) is 6.15. The Bertz CT molecular complexity index is 730. The van der Waals surface area contributed by atoms with Crippen LogP contribution in [0.25, 0.3) is 0 Å². The van der Waals surface area contributed by atoms with Crippen molar-refractivity contribution in [2.75, 3.05) is 32.2 Å². The van der Waals surface area contributed by atoms with E-state index >= 15 is 0 Å². The molecule has 8 heteroatoms. The van der Waals surface area contributed by atoms with Gasteiger partial charge in [-0.3, -0.25) is 14.4 Å².